The Balaban J connectivity index is 1.89. The molecule has 0 bridgehead atoms. The lowest BCUT2D eigenvalue weighted by Gasteiger charge is -2.37. The summed E-state index contributed by atoms with van der Waals surface area (Å²) in [6.07, 6.45) is 10.4. The van der Waals surface area contributed by atoms with Crippen molar-refractivity contribution in [2.45, 2.75) is 56.4 Å². The summed E-state index contributed by atoms with van der Waals surface area (Å²) < 4.78 is 7.81. The van der Waals surface area contributed by atoms with Crippen molar-refractivity contribution in [3.8, 4) is 0 Å². The van der Waals surface area contributed by atoms with Crippen molar-refractivity contribution in [2.75, 3.05) is 19.8 Å². The molecule has 0 spiro atoms. The van der Waals surface area contributed by atoms with Crippen LogP contribution in [0.1, 0.15) is 56.8 Å². The van der Waals surface area contributed by atoms with Crippen LogP contribution in [-0.4, -0.2) is 34.5 Å². The van der Waals surface area contributed by atoms with Gasteiger partial charge in [0.05, 0.1) is 0 Å². The second-order valence-corrected chi connectivity index (χ2v) is 5.95. The van der Waals surface area contributed by atoms with Gasteiger partial charge in [0.2, 0.25) is 0 Å². The number of rotatable bonds is 3. The van der Waals surface area contributed by atoms with Crippen molar-refractivity contribution in [2.24, 2.45) is 5.73 Å². The highest BCUT2D eigenvalue weighted by molar-refractivity contribution is 5.11. The number of aromatic nitrogens is 3. The predicted molar refractivity (Wildman–Crippen MR) is 72.9 cm³/mol. The van der Waals surface area contributed by atoms with Gasteiger partial charge in [-0.2, -0.15) is 0 Å². The van der Waals surface area contributed by atoms with Gasteiger partial charge in [0, 0.05) is 31.2 Å². The van der Waals surface area contributed by atoms with Gasteiger partial charge in [-0.05, 0) is 25.7 Å². The molecule has 2 fully saturated rings. The van der Waals surface area contributed by atoms with Gasteiger partial charge in [-0.15, -0.1) is 10.2 Å². The number of nitrogens with two attached hydrogens (primary N) is 1. The number of ether oxygens (including phenoxy) is 1. The van der Waals surface area contributed by atoms with E-state index in [0.717, 1.165) is 31.9 Å². The molecule has 0 atom stereocenters. The molecule has 0 unspecified atom stereocenters. The van der Waals surface area contributed by atoms with Crippen LogP contribution in [0, 0.1) is 0 Å². The minimum atomic E-state index is -0.0216. The number of hydrogen-bond acceptors (Lipinski definition) is 4. The van der Waals surface area contributed by atoms with Crippen LogP contribution in [-0.2, 0) is 10.2 Å². The van der Waals surface area contributed by atoms with Gasteiger partial charge in [-0.1, -0.05) is 19.3 Å². The van der Waals surface area contributed by atoms with E-state index in [1.54, 1.807) is 0 Å². The van der Waals surface area contributed by atoms with Gasteiger partial charge in [0.15, 0.2) is 0 Å². The molecule has 1 saturated carbocycles. The smallest absolute Gasteiger partial charge is 0.140 e. The summed E-state index contributed by atoms with van der Waals surface area (Å²) >= 11 is 0. The average Bonchev–Trinajstić information content (AvgIpc) is 2.99. The lowest BCUT2D eigenvalue weighted by Crippen LogP contribution is -2.43. The van der Waals surface area contributed by atoms with Crippen molar-refractivity contribution >= 4 is 0 Å². The summed E-state index contributed by atoms with van der Waals surface area (Å²) in [7, 11) is 0. The first kappa shape index (κ1) is 13.1. The summed E-state index contributed by atoms with van der Waals surface area (Å²) in [6.45, 7) is 2.21. The van der Waals surface area contributed by atoms with Crippen molar-refractivity contribution in [1.82, 2.24) is 14.8 Å². The average molecular weight is 264 g/mol. The Kier molecular flexibility index (Phi) is 3.84. The zero-order chi connectivity index (χ0) is 13.1. The van der Waals surface area contributed by atoms with Gasteiger partial charge in [-0.25, -0.2) is 0 Å². The molecule has 2 heterocycles. The maximum absolute atomic E-state index is 6.09. The lowest BCUT2D eigenvalue weighted by atomic mass is 9.79. The fourth-order valence-corrected chi connectivity index (χ4v) is 3.53. The Morgan fingerprint density at radius 1 is 1.26 bits per heavy atom. The molecule has 1 saturated heterocycles. The van der Waals surface area contributed by atoms with E-state index in [1.165, 1.54) is 32.1 Å². The molecule has 3 rings (SSSR count). The first-order valence-electron chi connectivity index (χ1n) is 7.53. The van der Waals surface area contributed by atoms with E-state index in [-0.39, 0.29) is 5.41 Å². The largest absolute Gasteiger partial charge is 0.381 e. The van der Waals surface area contributed by atoms with Gasteiger partial charge in [0.1, 0.15) is 12.2 Å². The third-order valence-corrected chi connectivity index (χ3v) is 4.86. The van der Waals surface area contributed by atoms with Crippen molar-refractivity contribution < 1.29 is 4.74 Å². The van der Waals surface area contributed by atoms with Crippen LogP contribution in [0.15, 0.2) is 6.33 Å². The molecule has 1 aliphatic carbocycles. The molecule has 1 aromatic heterocycles. The highest BCUT2D eigenvalue weighted by Crippen LogP contribution is 2.36. The number of nitrogens with zero attached hydrogens (tertiary/aromatic N) is 3. The Morgan fingerprint density at radius 3 is 2.68 bits per heavy atom. The molecule has 5 nitrogen and oxygen atoms in total. The Labute approximate surface area is 114 Å². The van der Waals surface area contributed by atoms with Crippen LogP contribution < -0.4 is 5.73 Å². The Morgan fingerprint density at radius 2 is 2.00 bits per heavy atom. The molecule has 1 aromatic rings. The summed E-state index contributed by atoms with van der Waals surface area (Å²) in [5, 5.41) is 8.62. The van der Waals surface area contributed by atoms with Crippen LogP contribution in [0.3, 0.4) is 0 Å². The highest BCUT2D eigenvalue weighted by Gasteiger charge is 2.38. The van der Waals surface area contributed by atoms with Crippen molar-refractivity contribution in [3.05, 3.63) is 12.2 Å². The van der Waals surface area contributed by atoms with Crippen molar-refractivity contribution in [3.63, 3.8) is 0 Å². The van der Waals surface area contributed by atoms with Gasteiger partial charge in [-0.3, -0.25) is 0 Å². The SMILES string of the molecule is NCC1(c2nncn2C2CCCCC2)CCOCC1. The summed E-state index contributed by atoms with van der Waals surface area (Å²) in [4.78, 5) is 0. The molecule has 2 N–H and O–H groups in total. The fourth-order valence-electron chi connectivity index (χ4n) is 3.53. The number of hydrogen-bond donors (Lipinski definition) is 1. The third kappa shape index (κ3) is 2.41. The summed E-state index contributed by atoms with van der Waals surface area (Å²) in [5.41, 5.74) is 6.07. The summed E-state index contributed by atoms with van der Waals surface area (Å²) in [6, 6.07) is 0.574. The zero-order valence-electron chi connectivity index (χ0n) is 11.6. The lowest BCUT2D eigenvalue weighted by molar-refractivity contribution is 0.0476. The van der Waals surface area contributed by atoms with E-state index >= 15 is 0 Å². The Hall–Kier alpha value is -0.940. The molecule has 2 aliphatic rings. The molecule has 106 valence electrons. The fraction of sp³-hybridized carbons (Fsp3) is 0.857. The molecule has 19 heavy (non-hydrogen) atoms. The molecule has 5 heteroatoms. The van der Waals surface area contributed by atoms with E-state index in [2.05, 4.69) is 14.8 Å². The maximum Gasteiger partial charge on any atom is 0.140 e. The zero-order valence-corrected chi connectivity index (χ0v) is 11.6. The first-order chi connectivity index (χ1) is 9.36. The highest BCUT2D eigenvalue weighted by atomic mass is 16.5. The van der Waals surface area contributed by atoms with Crippen LogP contribution in [0.2, 0.25) is 0 Å². The normalized spacial score (nSPS) is 24.5. The van der Waals surface area contributed by atoms with Crippen LogP contribution in [0.4, 0.5) is 0 Å². The monoisotopic (exact) mass is 264 g/mol. The van der Waals surface area contributed by atoms with Crippen molar-refractivity contribution in [1.29, 1.82) is 0 Å². The summed E-state index contributed by atoms with van der Waals surface area (Å²) in [5.74, 6) is 1.10. The van der Waals surface area contributed by atoms with Gasteiger partial charge in [0.25, 0.3) is 0 Å². The van der Waals surface area contributed by atoms with Crippen LogP contribution >= 0.6 is 0 Å². The van der Waals surface area contributed by atoms with E-state index in [0.29, 0.717) is 12.6 Å². The quantitative estimate of drug-likeness (QED) is 0.904. The molecule has 0 amide bonds. The predicted octanol–water partition coefficient (Wildman–Crippen LogP) is 1.79. The van der Waals surface area contributed by atoms with Gasteiger partial charge < -0.3 is 15.0 Å². The van der Waals surface area contributed by atoms with Crippen LogP contribution in [0.25, 0.3) is 0 Å². The maximum atomic E-state index is 6.09. The molecular formula is C14H24N4O. The van der Waals surface area contributed by atoms with E-state index in [9.17, 15) is 0 Å². The topological polar surface area (TPSA) is 66.0 Å². The van der Waals surface area contributed by atoms with Gasteiger partial charge >= 0.3 is 0 Å². The second-order valence-electron chi connectivity index (χ2n) is 5.95. The first-order valence-corrected chi connectivity index (χ1v) is 7.53. The van der Waals surface area contributed by atoms with E-state index < -0.39 is 0 Å². The third-order valence-electron chi connectivity index (χ3n) is 4.86. The Bertz CT molecular complexity index is 405. The molecular weight excluding hydrogens is 240 g/mol. The molecule has 0 aromatic carbocycles. The molecule has 0 radical (unpaired) electrons. The van der Waals surface area contributed by atoms with E-state index in [4.69, 9.17) is 10.5 Å². The minimum absolute atomic E-state index is 0.0216. The molecule has 1 aliphatic heterocycles. The standard InChI is InChI=1S/C14H24N4O/c15-10-14(6-8-19-9-7-14)13-17-16-11-18(13)12-4-2-1-3-5-12/h11-12H,1-10,15H2. The van der Waals surface area contributed by atoms with E-state index in [1.807, 2.05) is 6.33 Å². The minimum Gasteiger partial charge on any atom is -0.381 e. The second kappa shape index (κ2) is 5.59. The van der Waals surface area contributed by atoms with Crippen LogP contribution in [0.5, 0.6) is 0 Å².